The number of thiazole rings is 1. The summed E-state index contributed by atoms with van der Waals surface area (Å²) in [5, 5.41) is 6.10. The maximum atomic E-state index is 5.90. The third-order valence-electron chi connectivity index (χ3n) is 3.42. The van der Waals surface area contributed by atoms with E-state index in [-0.39, 0.29) is 0 Å². The van der Waals surface area contributed by atoms with E-state index in [2.05, 4.69) is 32.4 Å². The van der Waals surface area contributed by atoms with Crippen LogP contribution in [0.1, 0.15) is 10.7 Å². The van der Waals surface area contributed by atoms with Gasteiger partial charge in [-0.25, -0.2) is 9.98 Å². The molecule has 2 heterocycles. The van der Waals surface area contributed by atoms with Crippen LogP contribution in [0.25, 0.3) is 11.3 Å². The van der Waals surface area contributed by atoms with Crippen LogP contribution in [-0.2, 0) is 13.0 Å². The van der Waals surface area contributed by atoms with Gasteiger partial charge in [-0.1, -0.05) is 36.4 Å². The highest BCUT2D eigenvalue weighted by Gasteiger charge is 2.03. The zero-order valence-corrected chi connectivity index (χ0v) is 14.0. The van der Waals surface area contributed by atoms with Crippen LogP contribution in [0.2, 0.25) is 0 Å². The number of nitrogens with two attached hydrogens (primary N) is 1. The molecule has 0 aliphatic rings. The van der Waals surface area contributed by atoms with Gasteiger partial charge in [0.1, 0.15) is 5.01 Å². The van der Waals surface area contributed by atoms with E-state index in [0.29, 0.717) is 19.0 Å². The summed E-state index contributed by atoms with van der Waals surface area (Å²) in [7, 11) is 0. The van der Waals surface area contributed by atoms with Crippen molar-refractivity contribution in [1.82, 2.24) is 15.3 Å². The maximum absolute atomic E-state index is 5.90. The summed E-state index contributed by atoms with van der Waals surface area (Å²) in [6.45, 7) is 1.19. The van der Waals surface area contributed by atoms with Gasteiger partial charge in [0.25, 0.3) is 0 Å². The van der Waals surface area contributed by atoms with Gasteiger partial charge in [-0.3, -0.25) is 4.98 Å². The first-order valence-electron chi connectivity index (χ1n) is 7.75. The smallest absolute Gasteiger partial charge is 0.189 e. The lowest BCUT2D eigenvalue weighted by atomic mass is 10.2. The second-order valence-corrected chi connectivity index (χ2v) is 6.13. The Balaban J connectivity index is 1.49. The molecule has 2 aromatic heterocycles. The van der Waals surface area contributed by atoms with Gasteiger partial charge >= 0.3 is 0 Å². The highest BCUT2D eigenvalue weighted by Crippen LogP contribution is 2.21. The number of nitrogens with one attached hydrogen (secondary N) is 1. The summed E-state index contributed by atoms with van der Waals surface area (Å²) < 4.78 is 0. The predicted octanol–water partition coefficient (Wildman–Crippen LogP) is 2.85. The van der Waals surface area contributed by atoms with Crippen molar-refractivity contribution in [3.8, 4) is 11.3 Å². The Morgan fingerprint density at radius 3 is 2.75 bits per heavy atom. The van der Waals surface area contributed by atoms with Crippen LogP contribution >= 0.6 is 11.3 Å². The average molecular weight is 337 g/mol. The Morgan fingerprint density at radius 1 is 1.12 bits per heavy atom. The van der Waals surface area contributed by atoms with E-state index in [1.165, 1.54) is 0 Å². The third-order valence-corrected chi connectivity index (χ3v) is 4.25. The Labute approximate surface area is 145 Å². The molecule has 0 fully saturated rings. The van der Waals surface area contributed by atoms with E-state index in [9.17, 15) is 0 Å². The first-order valence-corrected chi connectivity index (χ1v) is 8.63. The van der Waals surface area contributed by atoms with Crippen molar-refractivity contribution < 1.29 is 0 Å². The highest BCUT2D eigenvalue weighted by molar-refractivity contribution is 7.09. The van der Waals surface area contributed by atoms with Gasteiger partial charge < -0.3 is 11.1 Å². The minimum absolute atomic E-state index is 0.433. The molecule has 0 aliphatic heterocycles. The van der Waals surface area contributed by atoms with Crippen molar-refractivity contribution in [3.05, 3.63) is 70.8 Å². The van der Waals surface area contributed by atoms with Crippen molar-refractivity contribution in [2.24, 2.45) is 10.7 Å². The fourth-order valence-corrected chi connectivity index (χ4v) is 2.92. The Kier molecular flexibility index (Phi) is 5.52. The fraction of sp³-hybridized carbons (Fsp3) is 0.167. The normalized spacial score (nSPS) is 11.4. The molecule has 0 bridgehead atoms. The van der Waals surface area contributed by atoms with Gasteiger partial charge in [-0.15, -0.1) is 11.3 Å². The van der Waals surface area contributed by atoms with E-state index in [0.717, 1.165) is 28.4 Å². The molecule has 0 saturated carbocycles. The van der Waals surface area contributed by atoms with Crippen molar-refractivity contribution in [1.29, 1.82) is 0 Å². The van der Waals surface area contributed by atoms with Crippen molar-refractivity contribution in [3.63, 3.8) is 0 Å². The Hall–Kier alpha value is -2.73. The molecule has 3 rings (SSSR count). The van der Waals surface area contributed by atoms with Gasteiger partial charge in [0, 0.05) is 35.8 Å². The quantitative estimate of drug-likeness (QED) is 0.536. The Bertz CT molecular complexity index is 783. The molecule has 0 atom stereocenters. The van der Waals surface area contributed by atoms with Crippen LogP contribution < -0.4 is 11.1 Å². The molecule has 6 heteroatoms. The SMILES string of the molecule is NC(=NCc1nc(-c2ccccc2)cs1)NCCc1ccccn1. The fourth-order valence-electron chi connectivity index (χ4n) is 2.20. The molecular formula is C18H19N5S. The number of hydrogen-bond donors (Lipinski definition) is 2. The van der Waals surface area contributed by atoms with E-state index in [1.807, 2.05) is 41.8 Å². The molecule has 0 saturated heterocycles. The average Bonchev–Trinajstić information content (AvgIpc) is 3.11. The summed E-state index contributed by atoms with van der Waals surface area (Å²) in [6.07, 6.45) is 2.60. The van der Waals surface area contributed by atoms with Crippen LogP contribution in [0.5, 0.6) is 0 Å². The topological polar surface area (TPSA) is 76.2 Å². The number of pyridine rings is 1. The minimum atomic E-state index is 0.433. The molecule has 0 amide bonds. The van der Waals surface area contributed by atoms with Crippen molar-refractivity contribution >= 4 is 17.3 Å². The van der Waals surface area contributed by atoms with Crippen molar-refractivity contribution in [2.45, 2.75) is 13.0 Å². The van der Waals surface area contributed by atoms with Crippen LogP contribution in [0, 0.1) is 0 Å². The van der Waals surface area contributed by atoms with Gasteiger partial charge in [-0.2, -0.15) is 0 Å². The zero-order valence-electron chi connectivity index (χ0n) is 13.2. The molecule has 0 spiro atoms. The van der Waals surface area contributed by atoms with Gasteiger partial charge in [0.05, 0.1) is 12.2 Å². The van der Waals surface area contributed by atoms with Gasteiger partial charge in [0.2, 0.25) is 0 Å². The monoisotopic (exact) mass is 337 g/mol. The van der Waals surface area contributed by atoms with Crippen molar-refractivity contribution in [2.75, 3.05) is 6.54 Å². The summed E-state index contributed by atoms with van der Waals surface area (Å²) in [4.78, 5) is 13.2. The van der Waals surface area contributed by atoms with E-state index in [4.69, 9.17) is 5.73 Å². The van der Waals surface area contributed by atoms with Crippen LogP contribution in [-0.4, -0.2) is 22.5 Å². The number of aliphatic imine (C=N–C) groups is 1. The third kappa shape index (κ3) is 4.63. The number of guanidine groups is 1. The summed E-state index contributed by atoms with van der Waals surface area (Å²) in [6, 6.07) is 16.0. The molecule has 0 radical (unpaired) electrons. The lowest BCUT2D eigenvalue weighted by Crippen LogP contribution is -2.33. The first kappa shape index (κ1) is 16.1. The maximum Gasteiger partial charge on any atom is 0.189 e. The van der Waals surface area contributed by atoms with Crippen LogP contribution in [0.15, 0.2) is 65.1 Å². The van der Waals surface area contributed by atoms with Crippen LogP contribution in [0.4, 0.5) is 0 Å². The molecule has 1 aromatic carbocycles. The Morgan fingerprint density at radius 2 is 1.96 bits per heavy atom. The number of benzene rings is 1. The summed E-state index contributed by atoms with van der Waals surface area (Å²) in [5.41, 5.74) is 9.03. The number of aromatic nitrogens is 2. The van der Waals surface area contributed by atoms with Gasteiger partial charge in [-0.05, 0) is 12.1 Å². The summed E-state index contributed by atoms with van der Waals surface area (Å²) >= 11 is 1.60. The zero-order chi connectivity index (χ0) is 16.6. The largest absolute Gasteiger partial charge is 0.370 e. The molecule has 24 heavy (non-hydrogen) atoms. The van der Waals surface area contributed by atoms with E-state index < -0.39 is 0 Å². The lowest BCUT2D eigenvalue weighted by molar-refractivity contribution is 0.827. The molecular weight excluding hydrogens is 318 g/mol. The van der Waals surface area contributed by atoms with Gasteiger partial charge in [0.15, 0.2) is 5.96 Å². The molecule has 5 nitrogen and oxygen atoms in total. The molecule has 3 N–H and O–H groups in total. The minimum Gasteiger partial charge on any atom is -0.370 e. The van der Waals surface area contributed by atoms with E-state index >= 15 is 0 Å². The van der Waals surface area contributed by atoms with E-state index in [1.54, 1.807) is 17.5 Å². The molecule has 0 aliphatic carbocycles. The standard InChI is InChI=1S/C18H19N5S/c19-18(21-11-9-15-8-4-5-10-20-15)22-12-17-23-16(13-24-17)14-6-2-1-3-7-14/h1-8,10,13H,9,11-12H2,(H3,19,21,22). The summed E-state index contributed by atoms with van der Waals surface area (Å²) in [5.74, 6) is 0.433. The number of rotatable bonds is 6. The molecule has 0 unspecified atom stereocenters. The molecule has 122 valence electrons. The second kappa shape index (κ2) is 8.21. The first-order chi connectivity index (χ1) is 11.8. The number of hydrogen-bond acceptors (Lipinski definition) is 4. The number of nitrogens with zero attached hydrogens (tertiary/aromatic N) is 3. The highest BCUT2D eigenvalue weighted by atomic mass is 32.1. The lowest BCUT2D eigenvalue weighted by Gasteiger charge is -2.04. The van der Waals surface area contributed by atoms with Crippen LogP contribution in [0.3, 0.4) is 0 Å². The second-order valence-electron chi connectivity index (χ2n) is 5.19. The predicted molar refractivity (Wildman–Crippen MR) is 98.8 cm³/mol. The molecule has 3 aromatic rings.